The van der Waals surface area contributed by atoms with Crippen LogP contribution in [-0.4, -0.2) is 88.0 Å². The molecule has 14 nitrogen and oxygen atoms in total. The van der Waals surface area contributed by atoms with E-state index >= 15 is 0 Å². The average molecular weight is 715 g/mol. The van der Waals surface area contributed by atoms with Gasteiger partial charge in [-0.05, 0) is 61.8 Å². The Morgan fingerprint density at radius 2 is 1.66 bits per heavy atom. The highest BCUT2D eigenvalue weighted by Gasteiger charge is 2.44. The number of phosphoric acid groups is 1. The first kappa shape index (κ1) is 38.5. The molecular weight excluding hydrogens is 667 g/mol. The summed E-state index contributed by atoms with van der Waals surface area (Å²) in [4.78, 5) is 87.4. The molecule has 4 N–H and O–H groups in total. The highest BCUT2D eigenvalue weighted by molar-refractivity contribution is 7.46. The molecule has 4 rings (SSSR count). The number of esters is 1. The maximum Gasteiger partial charge on any atom is 0.524 e. The predicted octanol–water partition coefficient (Wildman–Crippen LogP) is 2.85. The number of carbonyl (C=O) groups excluding carboxylic acids is 5. The average Bonchev–Trinajstić information content (AvgIpc) is 3.49. The lowest BCUT2D eigenvalue weighted by Gasteiger charge is -2.35. The van der Waals surface area contributed by atoms with Gasteiger partial charge in [0.25, 0.3) is 0 Å². The molecule has 272 valence electrons. The van der Waals surface area contributed by atoms with Crippen molar-refractivity contribution in [3.8, 4) is 5.75 Å². The van der Waals surface area contributed by atoms with Gasteiger partial charge < -0.3 is 29.7 Å². The highest BCUT2D eigenvalue weighted by Crippen LogP contribution is 2.37. The summed E-state index contributed by atoms with van der Waals surface area (Å²) in [6.07, 6.45) is 4.36. The van der Waals surface area contributed by atoms with Crippen molar-refractivity contribution in [3.63, 3.8) is 0 Å². The van der Waals surface area contributed by atoms with Crippen LogP contribution in [0.15, 0.2) is 54.6 Å². The molecule has 0 bridgehead atoms. The van der Waals surface area contributed by atoms with E-state index in [2.05, 4.69) is 15.2 Å². The summed E-state index contributed by atoms with van der Waals surface area (Å²) >= 11 is 0. The summed E-state index contributed by atoms with van der Waals surface area (Å²) in [5.41, 5.74) is 1.37. The van der Waals surface area contributed by atoms with Crippen LogP contribution < -0.4 is 15.2 Å². The fourth-order valence-electron chi connectivity index (χ4n) is 6.37. The summed E-state index contributed by atoms with van der Waals surface area (Å²) in [7, 11) is -1.42. The molecule has 2 aromatic rings. The van der Waals surface area contributed by atoms with Crippen molar-refractivity contribution >= 4 is 37.4 Å². The Morgan fingerprint density at radius 1 is 0.960 bits per heavy atom. The van der Waals surface area contributed by atoms with Gasteiger partial charge in [-0.2, -0.15) is 0 Å². The molecule has 50 heavy (non-hydrogen) atoms. The van der Waals surface area contributed by atoms with Crippen molar-refractivity contribution in [3.05, 3.63) is 65.7 Å². The number of hydrogen-bond acceptors (Lipinski definition) is 8. The molecule has 0 radical (unpaired) electrons. The minimum atomic E-state index is -4.76. The summed E-state index contributed by atoms with van der Waals surface area (Å²) in [6, 6.07) is 13.2. The standard InChI is InChI=1S/C35H47N4O10P/c1-38(2)31(40)13-8-20-36-34(43)30-19-16-27-11-6-7-12-29(35(44)39(27)30)37-33(42)26(22-32(41)48-23-25-9-4-3-5-10-25)21-24-14-17-28(18-15-24)49-50(45,46)47/h3-5,9-10,14-15,17-18,26-27,29-30H,6-8,11-13,16,19-23H2,1-2H3,(H,36,43)(H,37,42)(H2,45,46,47)/t26-,27+,29+,30+/m1/s1. The Hall–Kier alpha value is -4.26. The van der Waals surface area contributed by atoms with E-state index in [1.54, 1.807) is 19.0 Å². The number of amides is 4. The third-order valence-corrected chi connectivity index (χ3v) is 9.42. The Kier molecular flexibility index (Phi) is 14.0. The number of nitrogens with one attached hydrogen (secondary N) is 2. The number of nitrogens with zero attached hydrogens (tertiary/aromatic N) is 2. The van der Waals surface area contributed by atoms with Gasteiger partial charge in [0.2, 0.25) is 23.6 Å². The van der Waals surface area contributed by atoms with Crippen LogP contribution in [0.25, 0.3) is 0 Å². The van der Waals surface area contributed by atoms with Crippen LogP contribution in [0.3, 0.4) is 0 Å². The van der Waals surface area contributed by atoms with E-state index in [9.17, 15) is 28.5 Å². The van der Waals surface area contributed by atoms with Gasteiger partial charge in [-0.25, -0.2) is 4.57 Å². The van der Waals surface area contributed by atoms with Crippen molar-refractivity contribution in [2.45, 2.75) is 88.9 Å². The van der Waals surface area contributed by atoms with Crippen molar-refractivity contribution in [2.24, 2.45) is 5.92 Å². The lowest BCUT2D eigenvalue weighted by molar-refractivity contribution is -0.149. The highest BCUT2D eigenvalue weighted by atomic mass is 31.2. The van der Waals surface area contributed by atoms with Gasteiger partial charge in [0.05, 0.1) is 12.3 Å². The van der Waals surface area contributed by atoms with Crippen molar-refractivity contribution in [1.82, 2.24) is 20.4 Å². The largest absolute Gasteiger partial charge is 0.524 e. The zero-order valence-electron chi connectivity index (χ0n) is 28.5. The first-order valence-electron chi connectivity index (χ1n) is 16.9. The third-order valence-electron chi connectivity index (χ3n) is 8.98. The molecular formula is C35H47N4O10P. The fourth-order valence-corrected chi connectivity index (χ4v) is 6.77. The molecule has 2 aromatic carbocycles. The zero-order chi connectivity index (χ0) is 36.3. The monoisotopic (exact) mass is 714 g/mol. The van der Waals surface area contributed by atoms with Crippen LogP contribution in [0.5, 0.6) is 5.75 Å². The molecule has 2 saturated heterocycles. The molecule has 0 aliphatic carbocycles. The molecule has 0 aromatic heterocycles. The lowest BCUT2D eigenvalue weighted by Crippen LogP contribution is -2.57. The molecule has 0 unspecified atom stereocenters. The summed E-state index contributed by atoms with van der Waals surface area (Å²) in [5, 5.41) is 5.76. The molecule has 0 spiro atoms. The first-order chi connectivity index (χ1) is 23.8. The Bertz CT molecular complexity index is 1530. The number of rotatable bonds is 15. The van der Waals surface area contributed by atoms with Gasteiger partial charge in [-0.3, -0.25) is 33.8 Å². The van der Waals surface area contributed by atoms with Crippen LogP contribution in [-0.2, 0) is 46.3 Å². The quantitative estimate of drug-likeness (QED) is 0.121. The van der Waals surface area contributed by atoms with Crippen LogP contribution >= 0.6 is 7.82 Å². The fraction of sp³-hybridized carbons (Fsp3) is 0.514. The van der Waals surface area contributed by atoms with Crippen LogP contribution in [0.1, 0.15) is 68.9 Å². The number of ether oxygens (including phenoxy) is 1. The van der Waals surface area contributed by atoms with Crippen LogP contribution in [0.4, 0.5) is 0 Å². The van der Waals surface area contributed by atoms with E-state index in [4.69, 9.17) is 14.5 Å². The molecule has 0 saturated carbocycles. The minimum Gasteiger partial charge on any atom is -0.461 e. The second kappa shape index (κ2) is 18.1. The maximum absolute atomic E-state index is 14.1. The molecule has 2 aliphatic heterocycles. The first-order valence-corrected chi connectivity index (χ1v) is 18.5. The summed E-state index contributed by atoms with van der Waals surface area (Å²) in [5.74, 6) is -2.80. The van der Waals surface area contributed by atoms with E-state index in [1.807, 2.05) is 30.3 Å². The Morgan fingerprint density at radius 3 is 2.34 bits per heavy atom. The SMILES string of the molecule is CN(C)C(=O)CCCNC(=O)[C@@H]1CC[C@@H]2CCCC[C@H](NC(=O)[C@@H](CC(=O)OCc3ccccc3)Cc3ccc(OP(=O)(O)O)cc3)C(=O)N21. The predicted molar refractivity (Wildman–Crippen MR) is 182 cm³/mol. The lowest BCUT2D eigenvalue weighted by atomic mass is 9.93. The van der Waals surface area contributed by atoms with Gasteiger partial charge in [-0.15, -0.1) is 0 Å². The molecule has 2 heterocycles. The number of fused-ring (bicyclic) bond motifs is 1. The van der Waals surface area contributed by atoms with Gasteiger partial charge in [0.1, 0.15) is 24.4 Å². The van der Waals surface area contributed by atoms with Crippen molar-refractivity contribution in [2.75, 3.05) is 20.6 Å². The number of benzene rings is 2. The van der Waals surface area contributed by atoms with Gasteiger partial charge in [0, 0.05) is 33.1 Å². The second-order valence-electron chi connectivity index (χ2n) is 13.0. The van der Waals surface area contributed by atoms with E-state index < -0.39 is 37.7 Å². The van der Waals surface area contributed by atoms with Gasteiger partial charge in [0.15, 0.2) is 0 Å². The molecule has 4 amide bonds. The molecule has 4 atom stereocenters. The van der Waals surface area contributed by atoms with Crippen molar-refractivity contribution in [1.29, 1.82) is 0 Å². The second-order valence-corrected chi connectivity index (χ2v) is 14.2. The number of carbonyl (C=O) groups is 5. The molecule has 2 fully saturated rings. The molecule has 15 heteroatoms. The molecule has 2 aliphatic rings. The van der Waals surface area contributed by atoms with Crippen LogP contribution in [0, 0.1) is 5.92 Å². The van der Waals surface area contributed by atoms with Gasteiger partial charge >= 0.3 is 13.8 Å². The maximum atomic E-state index is 14.1. The number of hydrogen-bond donors (Lipinski definition) is 4. The number of phosphoric ester groups is 1. The van der Waals surface area contributed by atoms with Gasteiger partial charge in [-0.1, -0.05) is 55.3 Å². The summed E-state index contributed by atoms with van der Waals surface area (Å²) in [6.45, 7) is 0.325. The third kappa shape index (κ3) is 11.7. The van der Waals surface area contributed by atoms with Crippen molar-refractivity contribution < 1.29 is 47.6 Å². The Balaban J connectivity index is 1.45. The topological polar surface area (TPSA) is 192 Å². The smallest absolute Gasteiger partial charge is 0.461 e. The van der Waals surface area contributed by atoms with E-state index in [-0.39, 0.29) is 49.0 Å². The summed E-state index contributed by atoms with van der Waals surface area (Å²) < 4.78 is 21.3. The van der Waals surface area contributed by atoms with E-state index in [0.29, 0.717) is 50.6 Å². The minimum absolute atomic E-state index is 0.0231. The van der Waals surface area contributed by atoms with Crippen LogP contribution in [0.2, 0.25) is 0 Å². The van der Waals surface area contributed by atoms with E-state index in [0.717, 1.165) is 18.4 Å². The zero-order valence-corrected chi connectivity index (χ0v) is 29.4. The van der Waals surface area contributed by atoms with E-state index in [1.165, 1.54) is 29.2 Å². The Labute approximate surface area is 292 Å². The normalized spacial score (nSPS) is 19.7.